The maximum absolute atomic E-state index is 4.37. The molecule has 1 heterocycles. The fraction of sp³-hybridized carbons (Fsp3) is 0.571. The molecule has 1 N–H and O–H groups in total. The third-order valence-corrected chi connectivity index (χ3v) is 2.95. The lowest BCUT2D eigenvalue weighted by atomic mass is 10.2. The molecule has 0 saturated carbocycles. The lowest BCUT2D eigenvalue weighted by Crippen LogP contribution is -2.39. The van der Waals surface area contributed by atoms with Gasteiger partial charge in [0.2, 0.25) is 0 Å². The molecule has 0 fully saturated rings. The quantitative estimate of drug-likeness (QED) is 0.641. The van der Waals surface area contributed by atoms with E-state index in [1.807, 2.05) is 19.3 Å². The number of pyridine rings is 1. The van der Waals surface area contributed by atoms with Gasteiger partial charge in [0.15, 0.2) is 5.96 Å². The number of hydrogen-bond donors (Lipinski definition) is 1. The predicted octanol–water partition coefficient (Wildman–Crippen LogP) is 2.20. The van der Waals surface area contributed by atoms with Gasteiger partial charge in [0.05, 0.1) is 12.2 Å². The molecule has 1 aromatic rings. The Labute approximate surface area is 110 Å². The summed E-state index contributed by atoms with van der Waals surface area (Å²) in [5.74, 6) is 0.925. The second-order valence-electron chi connectivity index (χ2n) is 4.44. The number of nitrogens with one attached hydrogen (secondary N) is 1. The normalized spacial score (nSPS) is 11.4. The summed E-state index contributed by atoms with van der Waals surface area (Å²) in [6, 6.07) is 4.04. The lowest BCUT2D eigenvalue weighted by molar-refractivity contribution is 0.464. The van der Waals surface area contributed by atoms with Crippen LogP contribution in [0.4, 0.5) is 0 Å². The van der Waals surface area contributed by atoms with Crippen molar-refractivity contribution in [3.05, 3.63) is 29.6 Å². The summed E-state index contributed by atoms with van der Waals surface area (Å²) in [7, 11) is 3.88. The predicted molar refractivity (Wildman–Crippen MR) is 76.7 cm³/mol. The average molecular weight is 248 g/mol. The second-order valence-corrected chi connectivity index (χ2v) is 4.44. The van der Waals surface area contributed by atoms with Crippen molar-refractivity contribution in [1.29, 1.82) is 0 Å². The first-order valence-corrected chi connectivity index (χ1v) is 6.51. The highest BCUT2D eigenvalue weighted by Gasteiger charge is 2.06. The van der Waals surface area contributed by atoms with Gasteiger partial charge in [-0.1, -0.05) is 19.4 Å². The van der Waals surface area contributed by atoms with Crippen molar-refractivity contribution >= 4 is 5.96 Å². The molecule has 4 heteroatoms. The molecule has 0 bridgehead atoms. The van der Waals surface area contributed by atoms with Gasteiger partial charge in [0.25, 0.3) is 0 Å². The smallest absolute Gasteiger partial charge is 0.193 e. The summed E-state index contributed by atoms with van der Waals surface area (Å²) >= 11 is 0. The molecule has 0 amide bonds. The largest absolute Gasteiger partial charge is 0.351 e. The molecular formula is C14H24N4. The Morgan fingerprint density at radius 2 is 2.28 bits per heavy atom. The summed E-state index contributed by atoms with van der Waals surface area (Å²) in [4.78, 5) is 10.8. The first-order chi connectivity index (χ1) is 8.69. The summed E-state index contributed by atoms with van der Waals surface area (Å²) in [5, 5.41) is 3.35. The van der Waals surface area contributed by atoms with Crippen LogP contribution in [0.25, 0.3) is 0 Å². The number of hydrogen-bond acceptors (Lipinski definition) is 2. The molecule has 1 rings (SSSR count). The molecule has 100 valence electrons. The first kappa shape index (κ1) is 14.5. The van der Waals surface area contributed by atoms with Crippen LogP contribution in [0.5, 0.6) is 0 Å². The van der Waals surface area contributed by atoms with Gasteiger partial charge in [-0.2, -0.15) is 0 Å². The Balaban J connectivity index is 2.52. The highest BCUT2D eigenvalue weighted by atomic mass is 15.3. The van der Waals surface area contributed by atoms with Gasteiger partial charge in [-0.15, -0.1) is 0 Å². The molecule has 0 unspecified atom stereocenters. The Morgan fingerprint density at radius 3 is 2.89 bits per heavy atom. The summed E-state index contributed by atoms with van der Waals surface area (Å²) in [6.07, 6.45) is 4.20. The number of guanidine groups is 1. The van der Waals surface area contributed by atoms with E-state index in [1.54, 1.807) is 0 Å². The zero-order valence-corrected chi connectivity index (χ0v) is 11.9. The Kier molecular flexibility index (Phi) is 6.19. The van der Waals surface area contributed by atoms with E-state index in [1.165, 1.54) is 18.4 Å². The van der Waals surface area contributed by atoms with E-state index in [-0.39, 0.29) is 0 Å². The molecule has 4 nitrogen and oxygen atoms in total. The maximum atomic E-state index is 4.37. The lowest BCUT2D eigenvalue weighted by Gasteiger charge is -2.21. The van der Waals surface area contributed by atoms with Gasteiger partial charge in [-0.25, -0.2) is 0 Å². The minimum Gasteiger partial charge on any atom is -0.351 e. The van der Waals surface area contributed by atoms with E-state index in [4.69, 9.17) is 0 Å². The van der Waals surface area contributed by atoms with E-state index in [2.05, 4.69) is 47.2 Å². The minimum absolute atomic E-state index is 0.718. The van der Waals surface area contributed by atoms with E-state index in [9.17, 15) is 0 Å². The van der Waals surface area contributed by atoms with Crippen LogP contribution >= 0.6 is 0 Å². The number of unbranched alkanes of at least 4 members (excludes halogenated alkanes) is 1. The highest BCUT2D eigenvalue weighted by Crippen LogP contribution is 2.02. The number of aromatic nitrogens is 1. The van der Waals surface area contributed by atoms with Crippen molar-refractivity contribution in [2.24, 2.45) is 4.99 Å². The zero-order chi connectivity index (χ0) is 13.4. The van der Waals surface area contributed by atoms with Crippen LogP contribution in [0.3, 0.4) is 0 Å². The first-order valence-electron chi connectivity index (χ1n) is 6.51. The van der Waals surface area contributed by atoms with Crippen LogP contribution in [-0.4, -0.2) is 36.5 Å². The van der Waals surface area contributed by atoms with E-state index in [0.717, 1.165) is 24.7 Å². The van der Waals surface area contributed by atoms with Gasteiger partial charge >= 0.3 is 0 Å². The van der Waals surface area contributed by atoms with Crippen molar-refractivity contribution in [3.63, 3.8) is 0 Å². The molecule has 0 atom stereocenters. The van der Waals surface area contributed by atoms with Crippen LogP contribution in [0, 0.1) is 6.92 Å². The third-order valence-electron chi connectivity index (χ3n) is 2.95. The number of rotatable bonds is 5. The van der Waals surface area contributed by atoms with Gasteiger partial charge in [0.1, 0.15) is 0 Å². The Bertz CT molecular complexity index is 387. The van der Waals surface area contributed by atoms with Crippen LogP contribution < -0.4 is 5.32 Å². The molecule has 0 spiro atoms. The summed E-state index contributed by atoms with van der Waals surface area (Å²) < 4.78 is 0. The van der Waals surface area contributed by atoms with E-state index >= 15 is 0 Å². The maximum Gasteiger partial charge on any atom is 0.193 e. The van der Waals surface area contributed by atoms with Crippen LogP contribution in [-0.2, 0) is 6.54 Å². The van der Waals surface area contributed by atoms with Crippen molar-refractivity contribution in [2.45, 2.75) is 33.2 Å². The Hall–Kier alpha value is -1.58. The monoisotopic (exact) mass is 248 g/mol. The fourth-order valence-electron chi connectivity index (χ4n) is 1.75. The third kappa shape index (κ3) is 4.35. The fourth-order valence-corrected chi connectivity index (χ4v) is 1.75. The zero-order valence-electron chi connectivity index (χ0n) is 11.9. The van der Waals surface area contributed by atoms with Crippen LogP contribution in [0.2, 0.25) is 0 Å². The molecule has 0 saturated heterocycles. The highest BCUT2D eigenvalue weighted by molar-refractivity contribution is 5.79. The SMILES string of the molecule is CCCCN(C)C(=NC)NCc1ncccc1C. The second kappa shape index (κ2) is 7.69. The average Bonchev–Trinajstić information content (AvgIpc) is 2.39. The minimum atomic E-state index is 0.718. The molecule has 0 aliphatic heterocycles. The van der Waals surface area contributed by atoms with Gasteiger partial charge in [-0.05, 0) is 25.0 Å². The van der Waals surface area contributed by atoms with Crippen molar-refractivity contribution in [1.82, 2.24) is 15.2 Å². The Morgan fingerprint density at radius 1 is 1.50 bits per heavy atom. The molecule has 18 heavy (non-hydrogen) atoms. The van der Waals surface area contributed by atoms with Crippen LogP contribution in [0.1, 0.15) is 31.0 Å². The molecule has 1 aromatic heterocycles. The number of aryl methyl sites for hydroxylation is 1. The molecular weight excluding hydrogens is 224 g/mol. The molecule has 0 aliphatic carbocycles. The van der Waals surface area contributed by atoms with Gasteiger partial charge < -0.3 is 10.2 Å². The van der Waals surface area contributed by atoms with E-state index < -0.39 is 0 Å². The molecule has 0 radical (unpaired) electrons. The topological polar surface area (TPSA) is 40.5 Å². The van der Waals surface area contributed by atoms with Crippen molar-refractivity contribution in [2.75, 3.05) is 20.6 Å². The molecule has 0 aromatic carbocycles. The summed E-state index contributed by atoms with van der Waals surface area (Å²) in [5.41, 5.74) is 2.28. The number of aliphatic imine (C=N–C) groups is 1. The number of nitrogens with zero attached hydrogens (tertiary/aromatic N) is 3. The van der Waals surface area contributed by atoms with Crippen LogP contribution in [0.15, 0.2) is 23.3 Å². The van der Waals surface area contributed by atoms with Crippen molar-refractivity contribution < 1.29 is 0 Å². The standard InChI is InChI=1S/C14H24N4/c1-5-6-10-18(4)14(15-3)17-11-13-12(2)8-7-9-16-13/h7-9H,5-6,10-11H2,1-4H3,(H,15,17). The van der Waals surface area contributed by atoms with Gasteiger partial charge in [-0.3, -0.25) is 9.98 Å². The van der Waals surface area contributed by atoms with E-state index in [0.29, 0.717) is 0 Å². The van der Waals surface area contributed by atoms with Crippen molar-refractivity contribution in [3.8, 4) is 0 Å². The van der Waals surface area contributed by atoms with Gasteiger partial charge in [0, 0.05) is 26.8 Å². The molecule has 0 aliphatic rings. The summed E-state index contributed by atoms with van der Waals surface area (Å²) in [6.45, 7) is 6.02.